The van der Waals surface area contributed by atoms with Crippen molar-refractivity contribution >= 4 is 28.5 Å². The second-order valence-corrected chi connectivity index (χ2v) is 7.49. The third kappa shape index (κ3) is 4.37. The van der Waals surface area contributed by atoms with E-state index >= 15 is 0 Å². The Bertz CT molecular complexity index is 1170. The highest BCUT2D eigenvalue weighted by Gasteiger charge is 2.16. The van der Waals surface area contributed by atoms with E-state index in [1.807, 2.05) is 53.2 Å². The lowest BCUT2D eigenvalue weighted by Crippen LogP contribution is -2.12. The summed E-state index contributed by atoms with van der Waals surface area (Å²) in [4.78, 5) is 9.47. The van der Waals surface area contributed by atoms with Gasteiger partial charge in [-0.05, 0) is 30.2 Å². The van der Waals surface area contributed by atoms with Crippen molar-refractivity contribution < 1.29 is 9.47 Å². The molecule has 0 amide bonds. The maximum atomic E-state index is 5.51. The normalized spacial score (nSPS) is 11.0. The Morgan fingerprint density at radius 3 is 2.52 bits per heavy atom. The van der Waals surface area contributed by atoms with Gasteiger partial charge in [0.1, 0.15) is 17.3 Å². The predicted molar refractivity (Wildman–Crippen MR) is 123 cm³/mol. The Labute approximate surface area is 181 Å². The molecule has 0 aliphatic rings. The van der Waals surface area contributed by atoms with Crippen LogP contribution >= 0.6 is 0 Å². The van der Waals surface area contributed by atoms with Crippen LogP contribution in [0.2, 0.25) is 0 Å². The zero-order valence-corrected chi connectivity index (χ0v) is 18.1. The molecule has 0 radical (unpaired) electrons. The van der Waals surface area contributed by atoms with E-state index in [1.165, 1.54) is 0 Å². The monoisotopic (exact) mass is 418 g/mol. The lowest BCUT2D eigenvalue weighted by molar-refractivity contribution is 0.405. The number of hydrogen-bond donors (Lipinski definition) is 2. The molecule has 4 aromatic rings. The number of fused-ring (bicyclic) bond motifs is 1. The van der Waals surface area contributed by atoms with Gasteiger partial charge in [0, 0.05) is 12.6 Å². The largest absolute Gasteiger partial charge is 0.497 e. The number of aromatic nitrogens is 4. The second-order valence-electron chi connectivity index (χ2n) is 7.49. The van der Waals surface area contributed by atoms with Crippen molar-refractivity contribution in [2.75, 3.05) is 31.4 Å². The number of anilines is 3. The molecule has 2 N–H and O–H groups in total. The molecule has 2 aromatic heterocycles. The summed E-state index contributed by atoms with van der Waals surface area (Å²) in [5.74, 6) is 3.01. The van der Waals surface area contributed by atoms with Crippen molar-refractivity contribution in [1.82, 2.24) is 19.7 Å². The minimum atomic E-state index is 0.452. The molecule has 8 heteroatoms. The Morgan fingerprint density at radius 1 is 1.00 bits per heavy atom. The fraction of sp³-hybridized carbons (Fsp3) is 0.261. The second kappa shape index (κ2) is 8.91. The maximum Gasteiger partial charge on any atom is 0.226 e. The molecule has 0 fully saturated rings. The van der Waals surface area contributed by atoms with Gasteiger partial charge in [0.25, 0.3) is 0 Å². The molecular formula is C23H26N6O2. The molecular weight excluding hydrogens is 392 g/mol. The summed E-state index contributed by atoms with van der Waals surface area (Å²) in [6.07, 6.45) is 1.77. The van der Waals surface area contributed by atoms with Crippen LogP contribution in [0.25, 0.3) is 16.7 Å². The van der Waals surface area contributed by atoms with E-state index < -0.39 is 0 Å². The smallest absolute Gasteiger partial charge is 0.226 e. The Kier molecular flexibility index (Phi) is 5.88. The maximum absolute atomic E-state index is 5.51. The molecule has 8 nitrogen and oxygen atoms in total. The minimum absolute atomic E-state index is 0.452. The van der Waals surface area contributed by atoms with Crippen molar-refractivity contribution in [2.45, 2.75) is 13.8 Å². The van der Waals surface area contributed by atoms with Crippen LogP contribution < -0.4 is 20.1 Å². The molecule has 0 saturated heterocycles. The summed E-state index contributed by atoms with van der Waals surface area (Å²) in [6, 6.07) is 15.5. The van der Waals surface area contributed by atoms with Gasteiger partial charge in [-0.2, -0.15) is 15.1 Å². The van der Waals surface area contributed by atoms with Crippen molar-refractivity contribution in [1.29, 1.82) is 0 Å². The lowest BCUT2D eigenvalue weighted by atomic mass is 10.2. The van der Waals surface area contributed by atoms with Crippen LogP contribution in [0, 0.1) is 5.92 Å². The molecule has 0 saturated carbocycles. The summed E-state index contributed by atoms with van der Waals surface area (Å²) in [5, 5.41) is 12.1. The number of rotatable bonds is 8. The zero-order chi connectivity index (χ0) is 21.8. The molecule has 0 aliphatic carbocycles. The number of nitrogens with zero attached hydrogens (tertiary/aromatic N) is 4. The number of methoxy groups -OCH3 is 2. The third-order valence-corrected chi connectivity index (χ3v) is 4.76. The highest BCUT2D eigenvalue weighted by molar-refractivity contribution is 5.91. The molecule has 160 valence electrons. The Hall–Kier alpha value is -3.81. The van der Waals surface area contributed by atoms with Crippen LogP contribution in [0.3, 0.4) is 0 Å². The van der Waals surface area contributed by atoms with E-state index in [-0.39, 0.29) is 0 Å². The van der Waals surface area contributed by atoms with Crippen molar-refractivity contribution in [2.24, 2.45) is 5.92 Å². The number of ether oxygens (including phenoxy) is 2. The first-order valence-corrected chi connectivity index (χ1v) is 10.1. The van der Waals surface area contributed by atoms with Gasteiger partial charge < -0.3 is 20.1 Å². The van der Waals surface area contributed by atoms with Crippen LogP contribution in [-0.4, -0.2) is 40.5 Å². The highest BCUT2D eigenvalue weighted by atomic mass is 16.5. The number of para-hydroxylation sites is 1. The average Bonchev–Trinajstić information content (AvgIpc) is 3.22. The first-order chi connectivity index (χ1) is 15.1. The number of benzene rings is 2. The van der Waals surface area contributed by atoms with Crippen LogP contribution in [0.1, 0.15) is 13.8 Å². The molecule has 0 atom stereocenters. The van der Waals surface area contributed by atoms with Crippen LogP contribution in [0.15, 0.2) is 54.7 Å². The predicted octanol–water partition coefficient (Wildman–Crippen LogP) is 4.64. The lowest BCUT2D eigenvalue weighted by Gasteiger charge is -2.14. The third-order valence-electron chi connectivity index (χ3n) is 4.76. The van der Waals surface area contributed by atoms with E-state index in [4.69, 9.17) is 19.4 Å². The van der Waals surface area contributed by atoms with Gasteiger partial charge in [-0.25, -0.2) is 4.68 Å². The minimum Gasteiger partial charge on any atom is -0.497 e. The van der Waals surface area contributed by atoms with Gasteiger partial charge in [0.2, 0.25) is 5.95 Å². The summed E-state index contributed by atoms with van der Waals surface area (Å²) >= 11 is 0. The molecule has 31 heavy (non-hydrogen) atoms. The SMILES string of the molecule is COc1ccc(OC)c(Nc2nc(NCC(C)C)nc3c2cnn3-c2ccccc2)c1. The molecule has 2 heterocycles. The summed E-state index contributed by atoms with van der Waals surface area (Å²) in [6.45, 7) is 5.03. The van der Waals surface area contributed by atoms with Gasteiger partial charge >= 0.3 is 0 Å². The summed E-state index contributed by atoms with van der Waals surface area (Å²) in [7, 11) is 3.26. The molecule has 2 aromatic carbocycles. The van der Waals surface area contributed by atoms with Gasteiger partial charge in [-0.3, -0.25) is 0 Å². The van der Waals surface area contributed by atoms with E-state index in [9.17, 15) is 0 Å². The topological polar surface area (TPSA) is 86.1 Å². The first-order valence-electron chi connectivity index (χ1n) is 10.1. The number of nitrogens with one attached hydrogen (secondary N) is 2. The average molecular weight is 419 g/mol. The van der Waals surface area contributed by atoms with E-state index in [0.29, 0.717) is 34.8 Å². The van der Waals surface area contributed by atoms with Gasteiger partial charge in [-0.1, -0.05) is 32.0 Å². The highest BCUT2D eigenvalue weighted by Crippen LogP contribution is 2.34. The van der Waals surface area contributed by atoms with Crippen LogP contribution in [0.4, 0.5) is 17.5 Å². The molecule has 0 spiro atoms. The van der Waals surface area contributed by atoms with E-state index in [2.05, 4.69) is 29.6 Å². The molecule has 0 unspecified atom stereocenters. The standard InChI is InChI=1S/C23H26N6O2/c1-15(2)13-24-23-27-21(26-19-12-17(30-3)10-11-20(19)31-4)18-14-25-29(22(18)28-23)16-8-6-5-7-9-16/h5-12,14-15H,13H2,1-4H3,(H2,24,26,27,28). The summed E-state index contributed by atoms with van der Waals surface area (Å²) < 4.78 is 12.7. The van der Waals surface area contributed by atoms with Gasteiger partial charge in [0.15, 0.2) is 5.65 Å². The Morgan fingerprint density at radius 2 is 1.81 bits per heavy atom. The Balaban J connectivity index is 1.83. The number of hydrogen-bond acceptors (Lipinski definition) is 7. The fourth-order valence-corrected chi connectivity index (χ4v) is 3.18. The van der Waals surface area contributed by atoms with E-state index in [1.54, 1.807) is 20.4 Å². The van der Waals surface area contributed by atoms with Crippen LogP contribution in [0.5, 0.6) is 11.5 Å². The summed E-state index contributed by atoms with van der Waals surface area (Å²) in [5.41, 5.74) is 2.37. The quantitative estimate of drug-likeness (QED) is 0.431. The fourth-order valence-electron chi connectivity index (χ4n) is 3.18. The van der Waals surface area contributed by atoms with Crippen molar-refractivity contribution in [3.63, 3.8) is 0 Å². The first kappa shape index (κ1) is 20.5. The van der Waals surface area contributed by atoms with Crippen LogP contribution in [-0.2, 0) is 0 Å². The van der Waals surface area contributed by atoms with E-state index in [0.717, 1.165) is 23.3 Å². The molecule has 0 bridgehead atoms. The molecule has 4 rings (SSSR count). The zero-order valence-electron chi connectivity index (χ0n) is 18.1. The molecule has 0 aliphatic heterocycles. The van der Waals surface area contributed by atoms with Gasteiger partial charge in [0.05, 0.1) is 37.2 Å². The van der Waals surface area contributed by atoms with Crippen molar-refractivity contribution in [3.8, 4) is 17.2 Å². The van der Waals surface area contributed by atoms with Gasteiger partial charge in [-0.15, -0.1) is 0 Å². The van der Waals surface area contributed by atoms with Crippen molar-refractivity contribution in [3.05, 3.63) is 54.7 Å².